The topological polar surface area (TPSA) is 38.3 Å². The fraction of sp³-hybridized carbons (Fsp3) is 0.562. The van der Waals surface area contributed by atoms with Crippen LogP contribution in [0.25, 0.3) is 0 Å². The van der Waals surface area contributed by atoms with E-state index in [-0.39, 0.29) is 17.4 Å². The van der Waals surface area contributed by atoms with Gasteiger partial charge in [0.15, 0.2) is 0 Å². The zero-order valence-electron chi connectivity index (χ0n) is 11.5. The van der Waals surface area contributed by atoms with Gasteiger partial charge in [-0.25, -0.2) is 0 Å². The van der Waals surface area contributed by atoms with Crippen LogP contribution in [0.5, 0.6) is 5.75 Å². The van der Waals surface area contributed by atoms with Crippen LogP contribution >= 0.6 is 11.6 Å². The molecule has 4 heteroatoms. The summed E-state index contributed by atoms with van der Waals surface area (Å²) in [6, 6.07) is 7.82. The molecule has 1 fully saturated rings. The van der Waals surface area contributed by atoms with Crippen molar-refractivity contribution >= 4 is 17.5 Å². The van der Waals surface area contributed by atoms with Gasteiger partial charge in [0.25, 0.3) is 0 Å². The van der Waals surface area contributed by atoms with E-state index in [1.54, 1.807) is 0 Å². The van der Waals surface area contributed by atoms with Crippen LogP contribution in [-0.4, -0.2) is 23.9 Å². The molecule has 20 heavy (non-hydrogen) atoms. The van der Waals surface area contributed by atoms with Crippen molar-refractivity contribution in [1.82, 2.24) is 5.32 Å². The van der Waals surface area contributed by atoms with E-state index >= 15 is 0 Å². The highest BCUT2D eigenvalue weighted by Crippen LogP contribution is 2.36. The number of rotatable bonds is 3. The average molecular weight is 294 g/mol. The molecular weight excluding hydrogens is 274 g/mol. The minimum Gasteiger partial charge on any atom is -0.493 e. The molecule has 1 amide bonds. The molecule has 1 aliphatic carbocycles. The maximum absolute atomic E-state index is 12.7. The molecule has 108 valence electrons. The van der Waals surface area contributed by atoms with Gasteiger partial charge in [0.1, 0.15) is 5.75 Å². The maximum Gasteiger partial charge on any atom is 0.228 e. The number of para-hydroxylation sites is 1. The zero-order chi connectivity index (χ0) is 14.0. The predicted molar refractivity (Wildman–Crippen MR) is 79.4 cm³/mol. The second-order valence-electron chi connectivity index (χ2n) is 5.84. The second-order valence-corrected chi connectivity index (χ2v) is 6.11. The predicted octanol–water partition coefficient (Wildman–Crippen LogP) is 3.22. The fourth-order valence-electron chi connectivity index (χ4n) is 3.31. The number of hydrogen-bond donors (Lipinski definition) is 1. The summed E-state index contributed by atoms with van der Waals surface area (Å²) < 4.78 is 5.62. The van der Waals surface area contributed by atoms with Gasteiger partial charge in [-0.05, 0) is 25.3 Å². The first-order chi connectivity index (χ1) is 9.74. The smallest absolute Gasteiger partial charge is 0.228 e. The van der Waals surface area contributed by atoms with E-state index in [9.17, 15) is 4.79 Å². The molecule has 2 aliphatic rings. The van der Waals surface area contributed by atoms with Gasteiger partial charge in [-0.1, -0.05) is 31.0 Å². The molecule has 1 atom stereocenters. The normalized spacial score (nSPS) is 23.8. The average Bonchev–Trinajstić information content (AvgIpc) is 2.95. The highest BCUT2D eigenvalue weighted by molar-refractivity contribution is 6.18. The number of amides is 1. The van der Waals surface area contributed by atoms with Gasteiger partial charge < -0.3 is 10.1 Å². The third kappa shape index (κ3) is 2.51. The zero-order valence-corrected chi connectivity index (χ0v) is 12.3. The highest BCUT2D eigenvalue weighted by atomic mass is 35.5. The first-order valence-electron chi connectivity index (χ1n) is 7.34. The number of nitrogens with one attached hydrogen (secondary N) is 1. The Hall–Kier alpha value is -1.22. The second kappa shape index (κ2) is 5.65. The Balaban J connectivity index is 1.78. The Morgan fingerprint density at radius 1 is 1.35 bits per heavy atom. The van der Waals surface area contributed by atoms with Gasteiger partial charge in [0.05, 0.1) is 18.1 Å². The summed E-state index contributed by atoms with van der Waals surface area (Å²) in [6.45, 7) is 0.600. The molecule has 1 aliphatic heterocycles. The third-order valence-electron chi connectivity index (χ3n) is 4.48. The number of ether oxygens (including phenoxy) is 1. The van der Waals surface area contributed by atoms with E-state index in [0.29, 0.717) is 12.5 Å². The molecule has 1 N–H and O–H groups in total. The van der Waals surface area contributed by atoms with Gasteiger partial charge in [-0.3, -0.25) is 4.79 Å². The largest absolute Gasteiger partial charge is 0.493 e. The summed E-state index contributed by atoms with van der Waals surface area (Å²) in [4.78, 5) is 12.7. The van der Waals surface area contributed by atoms with E-state index in [4.69, 9.17) is 16.3 Å². The molecule has 1 heterocycles. The maximum atomic E-state index is 12.7. The van der Waals surface area contributed by atoms with Crippen LogP contribution in [0.1, 0.15) is 43.6 Å². The van der Waals surface area contributed by atoms with Crippen molar-refractivity contribution in [3.8, 4) is 5.75 Å². The van der Waals surface area contributed by atoms with E-state index in [1.165, 1.54) is 0 Å². The summed E-state index contributed by atoms with van der Waals surface area (Å²) in [5, 5.41) is 3.23. The molecule has 3 nitrogen and oxygen atoms in total. The van der Waals surface area contributed by atoms with Gasteiger partial charge in [-0.15, -0.1) is 11.6 Å². The molecule has 0 saturated heterocycles. The summed E-state index contributed by atoms with van der Waals surface area (Å²) in [7, 11) is 0. The number of carbonyl (C=O) groups excluding carboxylic acids is 1. The lowest BCUT2D eigenvalue weighted by Gasteiger charge is -2.32. The number of hydrogen-bond acceptors (Lipinski definition) is 2. The Labute approximate surface area is 124 Å². The van der Waals surface area contributed by atoms with Crippen LogP contribution in [0.3, 0.4) is 0 Å². The lowest BCUT2D eigenvalue weighted by Crippen LogP contribution is -2.50. The van der Waals surface area contributed by atoms with Crippen molar-refractivity contribution in [2.24, 2.45) is 0 Å². The monoisotopic (exact) mass is 293 g/mol. The van der Waals surface area contributed by atoms with Crippen molar-refractivity contribution in [3.05, 3.63) is 29.8 Å². The molecule has 1 unspecified atom stereocenters. The molecule has 0 radical (unpaired) electrons. The minimum atomic E-state index is -0.189. The molecule has 1 aromatic rings. The van der Waals surface area contributed by atoms with Crippen molar-refractivity contribution in [2.45, 2.75) is 43.6 Å². The van der Waals surface area contributed by atoms with Crippen LogP contribution in [0.2, 0.25) is 0 Å². The van der Waals surface area contributed by atoms with Crippen LogP contribution in [0, 0.1) is 0 Å². The first kappa shape index (κ1) is 13.7. The molecular formula is C16H20ClNO2. The molecule has 1 aromatic carbocycles. The van der Waals surface area contributed by atoms with Crippen molar-refractivity contribution in [1.29, 1.82) is 0 Å². The first-order valence-corrected chi connectivity index (χ1v) is 7.87. The van der Waals surface area contributed by atoms with E-state index in [0.717, 1.165) is 43.4 Å². The lowest BCUT2D eigenvalue weighted by atomic mass is 9.90. The minimum absolute atomic E-state index is 0.100. The Bertz CT molecular complexity index is 497. The van der Waals surface area contributed by atoms with Crippen LogP contribution in [-0.2, 0) is 4.79 Å². The number of carbonyl (C=O) groups is 1. The lowest BCUT2D eigenvalue weighted by molar-refractivity contribution is -0.124. The number of halogens is 1. The van der Waals surface area contributed by atoms with Gasteiger partial charge in [-0.2, -0.15) is 0 Å². The molecule has 0 bridgehead atoms. The molecule has 1 saturated carbocycles. The molecule has 0 aromatic heterocycles. The number of fused-ring (bicyclic) bond motifs is 1. The summed E-state index contributed by atoms with van der Waals surface area (Å²) in [5.74, 6) is 1.33. The quantitative estimate of drug-likeness (QED) is 0.869. The van der Waals surface area contributed by atoms with Gasteiger partial charge in [0.2, 0.25) is 5.91 Å². The molecule has 0 spiro atoms. The van der Waals surface area contributed by atoms with E-state index < -0.39 is 0 Å². The molecule has 3 rings (SSSR count). The fourth-order valence-corrected chi connectivity index (χ4v) is 3.64. The van der Waals surface area contributed by atoms with Crippen molar-refractivity contribution in [3.63, 3.8) is 0 Å². The van der Waals surface area contributed by atoms with Crippen molar-refractivity contribution < 1.29 is 9.53 Å². The Morgan fingerprint density at radius 2 is 2.10 bits per heavy atom. The SMILES string of the molecule is O=C(NC1(CCl)CCCC1)C1CCOc2ccccc21. The Kier molecular flexibility index (Phi) is 3.88. The number of benzene rings is 1. The van der Waals surface area contributed by atoms with E-state index in [1.807, 2.05) is 24.3 Å². The van der Waals surface area contributed by atoms with Gasteiger partial charge in [0, 0.05) is 11.4 Å². The van der Waals surface area contributed by atoms with Crippen LogP contribution in [0.15, 0.2) is 24.3 Å². The standard InChI is InChI=1S/C16H20ClNO2/c17-11-16(8-3-4-9-16)18-15(19)13-7-10-20-14-6-2-1-5-12(13)14/h1-2,5-6,13H,3-4,7-11H2,(H,18,19). The Morgan fingerprint density at radius 3 is 2.85 bits per heavy atom. The van der Waals surface area contributed by atoms with E-state index in [2.05, 4.69) is 5.32 Å². The van der Waals surface area contributed by atoms with Gasteiger partial charge >= 0.3 is 0 Å². The van der Waals surface area contributed by atoms with Crippen LogP contribution in [0.4, 0.5) is 0 Å². The van der Waals surface area contributed by atoms with Crippen molar-refractivity contribution in [2.75, 3.05) is 12.5 Å². The highest BCUT2D eigenvalue weighted by Gasteiger charge is 2.37. The number of alkyl halides is 1. The third-order valence-corrected chi connectivity index (χ3v) is 4.99. The van der Waals surface area contributed by atoms with Crippen LogP contribution < -0.4 is 10.1 Å². The summed E-state index contributed by atoms with van der Waals surface area (Å²) >= 11 is 6.11. The summed E-state index contributed by atoms with van der Waals surface area (Å²) in [6.07, 6.45) is 5.02. The summed E-state index contributed by atoms with van der Waals surface area (Å²) in [5.41, 5.74) is 0.810.